The smallest absolute Gasteiger partial charge is 0.0771 e. The minimum Gasteiger partial charge on any atom is -0.396 e. The molecule has 0 amide bonds. The molecule has 2 heteroatoms. The lowest BCUT2D eigenvalue weighted by molar-refractivity contribution is -0.0378. The molecule has 0 radical (unpaired) electrons. The molecule has 126 valence electrons. The Morgan fingerprint density at radius 1 is 1.27 bits per heavy atom. The monoisotopic (exact) mass is 306 g/mol. The average molecular weight is 306 g/mol. The van der Waals surface area contributed by atoms with Gasteiger partial charge in [0.25, 0.3) is 0 Å². The fourth-order valence-corrected chi connectivity index (χ4v) is 5.05. The average Bonchev–Trinajstić information content (AvgIpc) is 2.59. The highest BCUT2D eigenvalue weighted by molar-refractivity contribution is 5.32. The van der Waals surface area contributed by atoms with Crippen molar-refractivity contribution in [1.29, 1.82) is 0 Å². The van der Waals surface area contributed by atoms with Gasteiger partial charge in [-0.3, -0.25) is 0 Å². The standard InChI is InChI=1S/C20H34O2/c1-17(2)10-7-9-15-13-16(14-21)19(5,20(15,17)6)12-8-11-18(3,4)22/h8-9,11,16,21-22H,7,10,12-14H2,1-6H3. The summed E-state index contributed by atoms with van der Waals surface area (Å²) in [6.07, 6.45) is 10.7. The van der Waals surface area contributed by atoms with Crippen molar-refractivity contribution in [2.45, 2.75) is 72.8 Å². The van der Waals surface area contributed by atoms with E-state index in [0.717, 1.165) is 19.3 Å². The van der Waals surface area contributed by atoms with E-state index < -0.39 is 5.60 Å². The molecule has 22 heavy (non-hydrogen) atoms. The van der Waals surface area contributed by atoms with E-state index in [0.29, 0.717) is 5.92 Å². The first kappa shape index (κ1) is 17.7. The first-order valence-corrected chi connectivity index (χ1v) is 8.68. The molecule has 0 heterocycles. The molecule has 2 aliphatic carbocycles. The predicted octanol–water partition coefficient (Wildman–Crippen LogP) is 4.47. The van der Waals surface area contributed by atoms with E-state index in [-0.39, 0.29) is 22.9 Å². The van der Waals surface area contributed by atoms with Crippen LogP contribution >= 0.6 is 0 Å². The van der Waals surface area contributed by atoms with E-state index in [9.17, 15) is 10.2 Å². The summed E-state index contributed by atoms with van der Waals surface area (Å²) in [5.41, 5.74) is 1.14. The molecule has 3 atom stereocenters. The van der Waals surface area contributed by atoms with Gasteiger partial charge in [0.05, 0.1) is 5.60 Å². The third kappa shape index (κ3) is 2.59. The Morgan fingerprint density at radius 2 is 1.91 bits per heavy atom. The first-order valence-electron chi connectivity index (χ1n) is 8.68. The second-order valence-corrected chi connectivity index (χ2v) is 9.04. The highest BCUT2D eigenvalue weighted by Gasteiger charge is 2.62. The summed E-state index contributed by atoms with van der Waals surface area (Å²) in [6.45, 7) is 13.4. The molecule has 0 aliphatic heterocycles. The predicted molar refractivity (Wildman–Crippen MR) is 92.6 cm³/mol. The maximum absolute atomic E-state index is 9.99. The van der Waals surface area contributed by atoms with Crippen molar-refractivity contribution in [3.8, 4) is 0 Å². The molecule has 0 bridgehead atoms. The molecule has 1 fully saturated rings. The normalized spacial score (nSPS) is 38.2. The van der Waals surface area contributed by atoms with Crippen LogP contribution in [-0.2, 0) is 0 Å². The summed E-state index contributed by atoms with van der Waals surface area (Å²) in [5.74, 6) is 0.299. The zero-order chi connectivity index (χ0) is 16.8. The Bertz CT molecular complexity index is 480. The molecular formula is C20H34O2. The molecule has 2 rings (SSSR count). The maximum atomic E-state index is 9.99. The van der Waals surface area contributed by atoms with Gasteiger partial charge in [-0.15, -0.1) is 0 Å². The van der Waals surface area contributed by atoms with E-state index >= 15 is 0 Å². The van der Waals surface area contributed by atoms with Crippen molar-refractivity contribution in [2.75, 3.05) is 6.61 Å². The van der Waals surface area contributed by atoms with Gasteiger partial charge in [0.2, 0.25) is 0 Å². The van der Waals surface area contributed by atoms with Crippen molar-refractivity contribution in [2.24, 2.45) is 22.2 Å². The van der Waals surface area contributed by atoms with Crippen LogP contribution in [0.1, 0.15) is 67.2 Å². The minimum absolute atomic E-state index is 0.0270. The molecular weight excluding hydrogens is 272 g/mol. The van der Waals surface area contributed by atoms with Crippen LogP contribution in [0.3, 0.4) is 0 Å². The van der Waals surface area contributed by atoms with E-state index in [2.05, 4.69) is 39.8 Å². The first-order chi connectivity index (χ1) is 9.98. The zero-order valence-corrected chi connectivity index (χ0v) is 15.2. The van der Waals surface area contributed by atoms with Crippen molar-refractivity contribution in [1.82, 2.24) is 0 Å². The van der Waals surface area contributed by atoms with E-state index in [1.54, 1.807) is 5.57 Å². The molecule has 0 aromatic carbocycles. The van der Waals surface area contributed by atoms with Gasteiger partial charge in [0.15, 0.2) is 0 Å². The third-order valence-corrected chi connectivity index (χ3v) is 6.95. The molecule has 1 saturated carbocycles. The van der Waals surface area contributed by atoms with Gasteiger partial charge in [0, 0.05) is 6.61 Å². The molecule has 2 aliphatic rings. The third-order valence-electron chi connectivity index (χ3n) is 6.95. The number of fused-ring (bicyclic) bond motifs is 1. The zero-order valence-electron chi connectivity index (χ0n) is 15.2. The number of hydrogen-bond donors (Lipinski definition) is 2. The van der Waals surface area contributed by atoms with Gasteiger partial charge >= 0.3 is 0 Å². The van der Waals surface area contributed by atoms with Crippen molar-refractivity contribution in [3.05, 3.63) is 23.8 Å². The van der Waals surface area contributed by atoms with Crippen LogP contribution in [0.15, 0.2) is 23.8 Å². The molecule has 0 spiro atoms. The number of aliphatic hydroxyl groups excluding tert-OH is 1. The number of aliphatic hydroxyl groups is 2. The highest BCUT2D eigenvalue weighted by atomic mass is 16.3. The Kier molecular flexibility index (Phi) is 4.43. The summed E-state index contributed by atoms with van der Waals surface area (Å²) in [5, 5.41) is 19.9. The van der Waals surface area contributed by atoms with Crippen LogP contribution in [0, 0.1) is 22.2 Å². The van der Waals surface area contributed by atoms with Crippen LogP contribution in [0.5, 0.6) is 0 Å². The van der Waals surface area contributed by atoms with Gasteiger partial charge in [0.1, 0.15) is 0 Å². The Hall–Kier alpha value is -0.600. The van der Waals surface area contributed by atoms with Crippen LogP contribution in [0.25, 0.3) is 0 Å². The Morgan fingerprint density at radius 3 is 2.45 bits per heavy atom. The maximum Gasteiger partial charge on any atom is 0.0771 e. The fraction of sp³-hybridized carbons (Fsp3) is 0.800. The topological polar surface area (TPSA) is 40.5 Å². The molecule has 2 nitrogen and oxygen atoms in total. The molecule has 0 aromatic heterocycles. The van der Waals surface area contributed by atoms with E-state index in [4.69, 9.17) is 0 Å². The van der Waals surface area contributed by atoms with Gasteiger partial charge < -0.3 is 10.2 Å². The molecule has 3 unspecified atom stereocenters. The second kappa shape index (κ2) is 5.49. The van der Waals surface area contributed by atoms with Gasteiger partial charge in [-0.2, -0.15) is 0 Å². The van der Waals surface area contributed by atoms with Crippen LogP contribution < -0.4 is 0 Å². The summed E-state index contributed by atoms with van der Waals surface area (Å²) >= 11 is 0. The molecule has 0 saturated heterocycles. The Balaban J connectivity index is 2.43. The van der Waals surface area contributed by atoms with Crippen molar-refractivity contribution < 1.29 is 10.2 Å². The van der Waals surface area contributed by atoms with Gasteiger partial charge in [-0.05, 0) is 61.7 Å². The highest BCUT2D eigenvalue weighted by Crippen LogP contribution is 2.70. The quantitative estimate of drug-likeness (QED) is 0.752. The lowest BCUT2D eigenvalue weighted by Gasteiger charge is -2.55. The summed E-state index contributed by atoms with van der Waals surface area (Å²) in [6, 6.07) is 0. The number of hydrogen-bond acceptors (Lipinski definition) is 2. The van der Waals surface area contributed by atoms with Gasteiger partial charge in [-0.1, -0.05) is 51.5 Å². The summed E-state index contributed by atoms with van der Waals surface area (Å²) in [4.78, 5) is 0. The lowest BCUT2D eigenvalue weighted by Crippen LogP contribution is -2.49. The largest absolute Gasteiger partial charge is 0.396 e. The SMILES string of the molecule is CC(C)(O)C=CCC1(C)C(CO)CC2=CCCC(C)(C)C21C. The van der Waals surface area contributed by atoms with E-state index in [1.165, 1.54) is 6.42 Å². The summed E-state index contributed by atoms with van der Waals surface area (Å²) in [7, 11) is 0. The molecule has 2 N–H and O–H groups in total. The number of rotatable bonds is 4. The minimum atomic E-state index is -0.772. The molecule has 0 aromatic rings. The number of allylic oxidation sites excluding steroid dienone is 3. The van der Waals surface area contributed by atoms with E-state index in [1.807, 2.05) is 19.9 Å². The second-order valence-electron chi connectivity index (χ2n) is 9.04. The van der Waals surface area contributed by atoms with Crippen molar-refractivity contribution >= 4 is 0 Å². The van der Waals surface area contributed by atoms with Crippen LogP contribution in [-0.4, -0.2) is 22.4 Å². The summed E-state index contributed by atoms with van der Waals surface area (Å²) < 4.78 is 0. The fourth-order valence-electron chi connectivity index (χ4n) is 5.05. The van der Waals surface area contributed by atoms with Crippen LogP contribution in [0.4, 0.5) is 0 Å². The van der Waals surface area contributed by atoms with Crippen molar-refractivity contribution in [3.63, 3.8) is 0 Å². The van der Waals surface area contributed by atoms with Gasteiger partial charge in [-0.25, -0.2) is 0 Å². The Labute approximate surface area is 136 Å². The lowest BCUT2D eigenvalue weighted by atomic mass is 9.48. The van der Waals surface area contributed by atoms with Crippen LogP contribution in [0.2, 0.25) is 0 Å².